The number of nitrogens with two attached hydrogens (primary N) is 1. The summed E-state index contributed by atoms with van der Waals surface area (Å²) in [6.07, 6.45) is -0.582. The molecule has 1 atom stereocenters. The summed E-state index contributed by atoms with van der Waals surface area (Å²) < 4.78 is 5.15. The summed E-state index contributed by atoms with van der Waals surface area (Å²) in [5, 5.41) is 14.1. The summed E-state index contributed by atoms with van der Waals surface area (Å²) in [4.78, 5) is 35.8. The lowest BCUT2D eigenvalue weighted by molar-refractivity contribution is -0.385. The number of rotatable bonds is 7. The van der Waals surface area contributed by atoms with Gasteiger partial charge in [0.25, 0.3) is 11.6 Å². The van der Waals surface area contributed by atoms with Crippen molar-refractivity contribution in [2.45, 2.75) is 39.3 Å². The Bertz CT molecular complexity index is 901. The number of benzene rings is 2. The van der Waals surface area contributed by atoms with Crippen molar-refractivity contribution in [2.75, 3.05) is 5.73 Å². The minimum atomic E-state index is -0.929. The Morgan fingerprint density at radius 3 is 2.48 bits per heavy atom. The van der Waals surface area contributed by atoms with E-state index in [-0.39, 0.29) is 36.2 Å². The molecule has 0 fully saturated rings. The first-order valence-electron chi connectivity index (χ1n) is 8.78. The second-order valence-electron chi connectivity index (χ2n) is 6.66. The van der Waals surface area contributed by atoms with E-state index in [0.29, 0.717) is 16.8 Å². The van der Waals surface area contributed by atoms with Crippen molar-refractivity contribution in [1.82, 2.24) is 5.32 Å². The lowest BCUT2D eigenvalue weighted by Crippen LogP contribution is -2.32. The van der Waals surface area contributed by atoms with E-state index in [1.54, 1.807) is 39.0 Å². The number of carbonyl (C=O) groups excluding carboxylic acids is 2. The molecule has 0 saturated carbocycles. The normalized spacial score (nSPS) is 11.3. The minimum Gasteiger partial charge on any atom is -0.463 e. The van der Waals surface area contributed by atoms with Gasteiger partial charge in [-0.15, -0.1) is 12.4 Å². The molecule has 0 bridgehead atoms. The second-order valence-corrected chi connectivity index (χ2v) is 6.66. The fourth-order valence-corrected chi connectivity index (χ4v) is 2.79. The van der Waals surface area contributed by atoms with Gasteiger partial charge >= 0.3 is 5.97 Å². The summed E-state index contributed by atoms with van der Waals surface area (Å²) in [5.74, 6) is -1.05. The van der Waals surface area contributed by atoms with Crippen LogP contribution in [0, 0.1) is 17.0 Å². The maximum absolute atomic E-state index is 12.8. The predicted octanol–water partition coefficient (Wildman–Crippen LogP) is 3.72. The Balaban J connectivity index is 0.00000420. The molecule has 2 aromatic carbocycles. The number of esters is 1. The smallest absolute Gasteiger partial charge is 0.308 e. The van der Waals surface area contributed by atoms with Gasteiger partial charge in [0.15, 0.2) is 0 Å². The standard InChI is InChI=1S/C20H23N3O5.ClH/c1-12(2)28-19(24)11-17(15-6-4-5-7-18(15)23(26)27)22-20(25)16-10-14(21)9-8-13(16)3;/h4-10,12,17H,11,21H2,1-3H3,(H,22,25);1H. The van der Waals surface area contributed by atoms with Gasteiger partial charge in [0.2, 0.25) is 0 Å². The van der Waals surface area contributed by atoms with Gasteiger partial charge in [-0.2, -0.15) is 0 Å². The number of nitrogens with zero attached hydrogens (tertiary/aromatic N) is 1. The average Bonchev–Trinajstić information content (AvgIpc) is 2.62. The highest BCUT2D eigenvalue weighted by Gasteiger charge is 2.27. The summed E-state index contributed by atoms with van der Waals surface area (Å²) in [6, 6.07) is 9.94. The van der Waals surface area contributed by atoms with Gasteiger partial charge in [0.05, 0.1) is 29.1 Å². The van der Waals surface area contributed by atoms with E-state index >= 15 is 0 Å². The molecule has 0 aromatic heterocycles. The number of nitro groups is 1. The fourth-order valence-electron chi connectivity index (χ4n) is 2.79. The number of halogens is 1. The number of carbonyl (C=O) groups is 2. The Morgan fingerprint density at radius 2 is 1.86 bits per heavy atom. The van der Waals surface area contributed by atoms with Gasteiger partial charge in [-0.1, -0.05) is 24.3 Å². The van der Waals surface area contributed by atoms with Gasteiger partial charge in [0.1, 0.15) is 0 Å². The third kappa shape index (κ3) is 6.46. The quantitative estimate of drug-likeness (QED) is 0.304. The van der Waals surface area contributed by atoms with Gasteiger partial charge in [-0.05, 0) is 38.5 Å². The van der Waals surface area contributed by atoms with Crippen molar-refractivity contribution in [3.63, 3.8) is 0 Å². The largest absolute Gasteiger partial charge is 0.463 e. The van der Waals surface area contributed by atoms with Crippen LogP contribution in [0.1, 0.15) is 47.8 Å². The highest BCUT2D eigenvalue weighted by atomic mass is 35.5. The van der Waals surface area contributed by atoms with Crippen LogP contribution in [0.5, 0.6) is 0 Å². The molecule has 0 aliphatic carbocycles. The maximum atomic E-state index is 12.8. The number of ether oxygens (including phenoxy) is 1. The molecule has 0 aliphatic rings. The number of hydrogen-bond donors (Lipinski definition) is 2. The zero-order chi connectivity index (χ0) is 20.8. The molecule has 8 nitrogen and oxygen atoms in total. The van der Waals surface area contributed by atoms with Crippen LogP contribution in [-0.4, -0.2) is 22.9 Å². The molecule has 9 heteroatoms. The third-order valence-electron chi connectivity index (χ3n) is 4.06. The van der Waals surface area contributed by atoms with Crippen molar-refractivity contribution in [3.05, 3.63) is 69.3 Å². The Morgan fingerprint density at radius 1 is 1.21 bits per heavy atom. The second kappa shape index (κ2) is 10.4. The van der Waals surface area contributed by atoms with Crippen LogP contribution < -0.4 is 11.1 Å². The SMILES string of the molecule is Cc1ccc(N)cc1C(=O)NC(CC(=O)OC(C)C)c1ccccc1[N+](=O)[O-].Cl. The van der Waals surface area contributed by atoms with Gasteiger partial charge in [-0.3, -0.25) is 19.7 Å². The molecule has 29 heavy (non-hydrogen) atoms. The molecular weight excluding hydrogens is 398 g/mol. The minimum absolute atomic E-state index is 0. The number of amides is 1. The molecule has 0 saturated heterocycles. The van der Waals surface area contributed by atoms with E-state index in [0.717, 1.165) is 0 Å². The first kappa shape index (κ1) is 23.9. The molecule has 0 radical (unpaired) electrons. The van der Waals surface area contributed by atoms with E-state index in [1.165, 1.54) is 24.3 Å². The molecule has 0 aliphatic heterocycles. The first-order chi connectivity index (χ1) is 13.2. The van der Waals surface area contributed by atoms with Crippen molar-refractivity contribution in [2.24, 2.45) is 0 Å². The van der Waals surface area contributed by atoms with E-state index in [1.807, 2.05) is 0 Å². The first-order valence-corrected chi connectivity index (χ1v) is 8.78. The lowest BCUT2D eigenvalue weighted by atomic mass is 10.00. The van der Waals surface area contributed by atoms with Crippen molar-refractivity contribution in [1.29, 1.82) is 0 Å². The van der Waals surface area contributed by atoms with Crippen LogP contribution in [-0.2, 0) is 9.53 Å². The predicted molar refractivity (Wildman–Crippen MR) is 112 cm³/mol. The summed E-state index contributed by atoms with van der Waals surface area (Å²) in [5.41, 5.74) is 7.24. The van der Waals surface area contributed by atoms with Crippen molar-refractivity contribution < 1.29 is 19.2 Å². The third-order valence-corrected chi connectivity index (χ3v) is 4.06. The summed E-state index contributed by atoms with van der Waals surface area (Å²) >= 11 is 0. The number of anilines is 1. The van der Waals surface area contributed by atoms with Gasteiger partial charge < -0.3 is 15.8 Å². The number of nitrogens with one attached hydrogen (secondary N) is 1. The highest BCUT2D eigenvalue weighted by Crippen LogP contribution is 2.28. The Labute approximate surface area is 175 Å². The molecule has 1 unspecified atom stereocenters. The summed E-state index contributed by atoms with van der Waals surface area (Å²) in [6.45, 7) is 5.15. The molecule has 156 valence electrons. The van der Waals surface area contributed by atoms with E-state index in [4.69, 9.17) is 10.5 Å². The van der Waals surface area contributed by atoms with Gasteiger partial charge in [-0.25, -0.2) is 0 Å². The lowest BCUT2D eigenvalue weighted by Gasteiger charge is -2.20. The van der Waals surface area contributed by atoms with E-state index in [9.17, 15) is 19.7 Å². The Hall–Kier alpha value is -3.13. The van der Waals surface area contributed by atoms with Crippen LogP contribution in [0.4, 0.5) is 11.4 Å². The van der Waals surface area contributed by atoms with Crippen LogP contribution >= 0.6 is 12.4 Å². The van der Waals surface area contributed by atoms with Crippen LogP contribution in [0.25, 0.3) is 0 Å². The summed E-state index contributed by atoms with van der Waals surface area (Å²) in [7, 11) is 0. The van der Waals surface area contributed by atoms with Crippen LogP contribution in [0.2, 0.25) is 0 Å². The molecular formula is C20H24ClN3O5. The topological polar surface area (TPSA) is 125 Å². The molecule has 0 heterocycles. The van der Waals surface area contributed by atoms with Crippen LogP contribution in [0.3, 0.4) is 0 Å². The van der Waals surface area contributed by atoms with Crippen molar-refractivity contribution >= 4 is 35.7 Å². The maximum Gasteiger partial charge on any atom is 0.308 e. The molecule has 3 N–H and O–H groups in total. The Kier molecular flexibility index (Phi) is 8.59. The van der Waals surface area contributed by atoms with E-state index < -0.39 is 22.8 Å². The van der Waals surface area contributed by atoms with Crippen molar-refractivity contribution in [3.8, 4) is 0 Å². The molecule has 0 spiro atoms. The fraction of sp³-hybridized carbons (Fsp3) is 0.300. The number of nitro benzene ring substituents is 1. The van der Waals surface area contributed by atoms with Crippen LogP contribution in [0.15, 0.2) is 42.5 Å². The van der Waals surface area contributed by atoms with Gasteiger partial charge in [0, 0.05) is 17.3 Å². The molecule has 1 amide bonds. The highest BCUT2D eigenvalue weighted by molar-refractivity contribution is 5.97. The number of para-hydroxylation sites is 1. The zero-order valence-electron chi connectivity index (χ0n) is 16.4. The number of aryl methyl sites for hydroxylation is 1. The monoisotopic (exact) mass is 421 g/mol. The number of nitrogen functional groups attached to an aromatic ring is 1. The zero-order valence-corrected chi connectivity index (χ0v) is 17.2. The molecule has 2 rings (SSSR count). The average molecular weight is 422 g/mol. The number of hydrogen-bond acceptors (Lipinski definition) is 6. The van der Waals surface area contributed by atoms with E-state index in [2.05, 4.69) is 5.32 Å². The molecule has 2 aromatic rings.